The number of methoxy groups -OCH3 is 1. The second-order valence-electron chi connectivity index (χ2n) is 5.11. The summed E-state index contributed by atoms with van der Waals surface area (Å²) in [4.78, 5) is 25.9. The molecule has 2 atom stereocenters. The van der Waals surface area contributed by atoms with Crippen molar-refractivity contribution >= 4 is 11.9 Å². The molecule has 0 bridgehead atoms. The van der Waals surface area contributed by atoms with Crippen LogP contribution in [-0.2, 0) is 14.3 Å². The highest BCUT2D eigenvalue weighted by atomic mass is 16.5. The summed E-state index contributed by atoms with van der Waals surface area (Å²) < 4.78 is 4.81. The summed E-state index contributed by atoms with van der Waals surface area (Å²) in [5.41, 5.74) is 0. The van der Waals surface area contributed by atoms with Crippen LogP contribution in [0.25, 0.3) is 0 Å². The first-order chi connectivity index (χ1) is 8.74. The Bertz CT molecular complexity index is 313. The third kappa shape index (κ3) is 2.83. The van der Waals surface area contributed by atoms with Gasteiger partial charge >= 0.3 is 5.97 Å². The van der Waals surface area contributed by atoms with Crippen LogP contribution in [0.2, 0.25) is 0 Å². The van der Waals surface area contributed by atoms with Gasteiger partial charge in [0.25, 0.3) is 0 Å². The van der Waals surface area contributed by atoms with E-state index >= 15 is 0 Å². The van der Waals surface area contributed by atoms with Gasteiger partial charge in [-0.2, -0.15) is 0 Å². The fraction of sp³-hybridized carbons (Fsp3) is 0.846. The molecule has 2 heterocycles. The van der Waals surface area contributed by atoms with Crippen molar-refractivity contribution in [1.29, 1.82) is 0 Å². The first kappa shape index (κ1) is 13.3. The van der Waals surface area contributed by atoms with Crippen molar-refractivity contribution in [2.45, 2.75) is 38.1 Å². The van der Waals surface area contributed by atoms with Gasteiger partial charge in [0.05, 0.1) is 13.0 Å². The Labute approximate surface area is 108 Å². The minimum atomic E-state index is -0.363. The highest BCUT2D eigenvalue weighted by Gasteiger charge is 2.36. The summed E-state index contributed by atoms with van der Waals surface area (Å²) in [6.45, 7) is 2.42. The fourth-order valence-electron chi connectivity index (χ4n) is 2.87. The predicted molar refractivity (Wildman–Crippen MR) is 67.0 cm³/mol. The number of hydrogen-bond acceptors (Lipinski definition) is 4. The highest BCUT2D eigenvalue weighted by Crippen LogP contribution is 2.22. The molecule has 102 valence electrons. The molecule has 0 aromatic heterocycles. The molecule has 1 N–H and O–H groups in total. The molecule has 0 spiro atoms. The van der Waals surface area contributed by atoms with E-state index in [0.29, 0.717) is 6.54 Å². The Kier molecular flexibility index (Phi) is 4.58. The van der Waals surface area contributed by atoms with E-state index in [1.54, 1.807) is 4.90 Å². The van der Waals surface area contributed by atoms with E-state index in [1.165, 1.54) is 7.11 Å². The summed E-state index contributed by atoms with van der Waals surface area (Å²) in [5.74, 6) is -0.117. The zero-order valence-electron chi connectivity index (χ0n) is 11.0. The van der Waals surface area contributed by atoms with Gasteiger partial charge < -0.3 is 15.0 Å². The molecule has 0 aliphatic carbocycles. The van der Waals surface area contributed by atoms with Crippen LogP contribution in [0.1, 0.15) is 32.1 Å². The molecule has 0 radical (unpaired) electrons. The fourth-order valence-corrected chi connectivity index (χ4v) is 2.87. The van der Waals surface area contributed by atoms with Crippen LogP contribution in [0.4, 0.5) is 0 Å². The van der Waals surface area contributed by atoms with Crippen LogP contribution < -0.4 is 5.32 Å². The van der Waals surface area contributed by atoms with E-state index in [4.69, 9.17) is 4.74 Å². The molecular formula is C13H22N2O3. The van der Waals surface area contributed by atoms with Crippen LogP contribution in [0.3, 0.4) is 0 Å². The molecule has 1 unspecified atom stereocenters. The monoisotopic (exact) mass is 254 g/mol. The minimum absolute atomic E-state index is 0.0315. The number of nitrogens with zero attached hydrogens (tertiary/aromatic N) is 1. The maximum absolute atomic E-state index is 12.5. The summed E-state index contributed by atoms with van der Waals surface area (Å²) in [6.07, 6.45) is 4.67. The topological polar surface area (TPSA) is 58.6 Å². The van der Waals surface area contributed by atoms with Crippen molar-refractivity contribution in [2.75, 3.05) is 26.7 Å². The number of amides is 1. The van der Waals surface area contributed by atoms with Crippen molar-refractivity contribution in [3.8, 4) is 0 Å². The van der Waals surface area contributed by atoms with Gasteiger partial charge in [-0.1, -0.05) is 0 Å². The Morgan fingerprint density at radius 2 is 2.06 bits per heavy atom. The first-order valence-electron chi connectivity index (χ1n) is 6.83. The first-order valence-corrected chi connectivity index (χ1v) is 6.83. The number of hydrogen-bond donors (Lipinski definition) is 1. The summed E-state index contributed by atoms with van der Waals surface area (Å²) in [5, 5.41) is 3.25. The zero-order chi connectivity index (χ0) is 13.0. The van der Waals surface area contributed by atoms with Crippen molar-refractivity contribution in [3.05, 3.63) is 0 Å². The molecule has 2 saturated heterocycles. The second kappa shape index (κ2) is 6.18. The molecule has 2 aliphatic heterocycles. The smallest absolute Gasteiger partial charge is 0.328 e. The van der Waals surface area contributed by atoms with E-state index < -0.39 is 0 Å². The minimum Gasteiger partial charge on any atom is -0.467 e. The molecule has 5 heteroatoms. The molecule has 2 aliphatic rings. The summed E-state index contributed by atoms with van der Waals surface area (Å²) in [7, 11) is 1.39. The number of rotatable bonds is 2. The largest absolute Gasteiger partial charge is 0.467 e. The van der Waals surface area contributed by atoms with Crippen LogP contribution in [0, 0.1) is 5.92 Å². The van der Waals surface area contributed by atoms with Crippen molar-refractivity contribution < 1.29 is 14.3 Å². The number of ether oxygens (including phenoxy) is 1. The van der Waals surface area contributed by atoms with Crippen molar-refractivity contribution in [1.82, 2.24) is 10.2 Å². The standard InChI is InChI=1S/C13H22N2O3/c1-18-13(17)11-6-2-3-8-15(11)12(16)10-5-4-7-14-9-10/h10-11,14H,2-9H2,1H3/t10-,11?/m0/s1. The third-order valence-corrected chi connectivity index (χ3v) is 3.91. The van der Waals surface area contributed by atoms with E-state index in [9.17, 15) is 9.59 Å². The number of carbonyl (C=O) groups is 2. The summed E-state index contributed by atoms with van der Waals surface area (Å²) in [6, 6.07) is -0.363. The Morgan fingerprint density at radius 3 is 2.72 bits per heavy atom. The number of likely N-dealkylation sites (tertiary alicyclic amines) is 1. The van der Waals surface area contributed by atoms with Gasteiger partial charge in [0.15, 0.2) is 0 Å². The molecule has 0 aromatic carbocycles. The van der Waals surface area contributed by atoms with Gasteiger partial charge in [-0.15, -0.1) is 0 Å². The van der Waals surface area contributed by atoms with Crippen LogP contribution in [0.15, 0.2) is 0 Å². The van der Waals surface area contributed by atoms with Gasteiger partial charge in [0.1, 0.15) is 6.04 Å². The maximum atomic E-state index is 12.5. The van der Waals surface area contributed by atoms with Gasteiger partial charge in [0.2, 0.25) is 5.91 Å². The molecular weight excluding hydrogens is 232 g/mol. The molecule has 2 rings (SSSR count). The van der Waals surface area contributed by atoms with E-state index in [1.807, 2.05) is 0 Å². The lowest BCUT2D eigenvalue weighted by Gasteiger charge is -2.37. The van der Waals surface area contributed by atoms with E-state index in [2.05, 4.69) is 5.32 Å². The SMILES string of the molecule is COC(=O)C1CCCCN1C(=O)[C@H]1CCCNC1. The van der Waals surface area contributed by atoms with Crippen LogP contribution in [0.5, 0.6) is 0 Å². The van der Waals surface area contributed by atoms with Crippen molar-refractivity contribution in [2.24, 2.45) is 5.92 Å². The van der Waals surface area contributed by atoms with E-state index in [-0.39, 0.29) is 23.8 Å². The van der Waals surface area contributed by atoms with Crippen LogP contribution in [-0.4, -0.2) is 49.6 Å². The predicted octanol–water partition coefficient (Wildman–Crippen LogP) is 0.540. The Hall–Kier alpha value is -1.10. The average molecular weight is 254 g/mol. The molecule has 2 fully saturated rings. The number of carbonyl (C=O) groups excluding carboxylic acids is 2. The quantitative estimate of drug-likeness (QED) is 0.731. The highest BCUT2D eigenvalue weighted by molar-refractivity contribution is 5.86. The number of nitrogens with one attached hydrogen (secondary N) is 1. The average Bonchev–Trinajstić information content (AvgIpc) is 2.46. The zero-order valence-corrected chi connectivity index (χ0v) is 11.0. The maximum Gasteiger partial charge on any atom is 0.328 e. The summed E-state index contributed by atoms with van der Waals surface area (Å²) >= 11 is 0. The van der Waals surface area contributed by atoms with E-state index in [0.717, 1.165) is 45.2 Å². The number of piperidine rings is 2. The Balaban J connectivity index is 2.03. The van der Waals surface area contributed by atoms with Gasteiger partial charge in [-0.3, -0.25) is 4.79 Å². The normalized spacial score (nSPS) is 28.8. The third-order valence-electron chi connectivity index (χ3n) is 3.91. The Morgan fingerprint density at radius 1 is 1.22 bits per heavy atom. The van der Waals surface area contributed by atoms with Gasteiger partial charge in [-0.25, -0.2) is 4.79 Å². The van der Waals surface area contributed by atoms with Gasteiger partial charge in [-0.05, 0) is 38.6 Å². The molecule has 0 aromatic rings. The molecule has 0 saturated carbocycles. The lowest BCUT2D eigenvalue weighted by Crippen LogP contribution is -2.52. The van der Waals surface area contributed by atoms with Crippen molar-refractivity contribution in [3.63, 3.8) is 0 Å². The second-order valence-corrected chi connectivity index (χ2v) is 5.11. The lowest BCUT2D eigenvalue weighted by molar-refractivity contribution is -0.156. The molecule has 1 amide bonds. The molecule has 5 nitrogen and oxygen atoms in total. The molecule has 18 heavy (non-hydrogen) atoms. The number of esters is 1. The van der Waals surface area contributed by atoms with Crippen LogP contribution >= 0.6 is 0 Å². The van der Waals surface area contributed by atoms with Gasteiger partial charge in [0, 0.05) is 13.1 Å². The lowest BCUT2D eigenvalue weighted by atomic mass is 9.94.